The summed E-state index contributed by atoms with van der Waals surface area (Å²) in [5.41, 5.74) is 6.96. The van der Waals surface area contributed by atoms with Crippen LogP contribution in [0.15, 0.2) is 48.0 Å². The molecule has 10 heteroatoms. The number of para-hydroxylation sites is 1. The first-order chi connectivity index (χ1) is 26.2. The van der Waals surface area contributed by atoms with Crippen molar-refractivity contribution in [3.05, 3.63) is 76.1 Å². The lowest BCUT2D eigenvalue weighted by molar-refractivity contribution is -0.169. The quantitative estimate of drug-likeness (QED) is 0.173. The van der Waals surface area contributed by atoms with E-state index in [2.05, 4.69) is 76.2 Å². The van der Waals surface area contributed by atoms with Crippen molar-refractivity contribution in [1.82, 2.24) is 19.8 Å². The van der Waals surface area contributed by atoms with Crippen molar-refractivity contribution in [3.63, 3.8) is 0 Å². The van der Waals surface area contributed by atoms with E-state index in [1.54, 1.807) is 14.2 Å². The number of hydrogen-bond acceptors (Lipinski definition) is 8. The number of aliphatic hydroxyl groups excluding tert-OH is 1. The molecule has 10 nitrogen and oxygen atoms in total. The molecule has 4 bridgehead atoms. The number of rotatable bonds is 6. The number of aliphatic hydroxyl groups is 1. The number of ether oxygens (including phenoxy) is 3. The van der Waals surface area contributed by atoms with Gasteiger partial charge < -0.3 is 34.2 Å². The fourth-order valence-corrected chi connectivity index (χ4v) is 12.6. The number of nitrogens with zero attached hydrogens (tertiary/aromatic N) is 2. The van der Waals surface area contributed by atoms with Crippen molar-refractivity contribution in [2.45, 2.75) is 82.3 Å². The van der Waals surface area contributed by atoms with Gasteiger partial charge in [-0.05, 0) is 93.8 Å². The average Bonchev–Trinajstić information content (AvgIpc) is 3.63. The number of carbonyl (C=O) groups is 2. The van der Waals surface area contributed by atoms with Gasteiger partial charge in [-0.15, -0.1) is 0 Å². The van der Waals surface area contributed by atoms with Crippen molar-refractivity contribution in [2.75, 3.05) is 48.1 Å². The molecule has 0 radical (unpaired) electrons. The molecule has 0 amide bonds. The van der Waals surface area contributed by atoms with Crippen molar-refractivity contribution >= 4 is 33.7 Å². The fourth-order valence-electron chi connectivity index (χ4n) is 12.6. The molecule has 3 aliphatic heterocycles. The number of allylic oxidation sites excluding steroid dienone is 1. The highest BCUT2D eigenvalue weighted by atomic mass is 16.5. The van der Waals surface area contributed by atoms with Gasteiger partial charge in [0.1, 0.15) is 16.6 Å². The van der Waals surface area contributed by atoms with Crippen LogP contribution in [-0.4, -0.2) is 91.7 Å². The molecule has 5 aliphatic rings. The van der Waals surface area contributed by atoms with Crippen LogP contribution in [0.25, 0.3) is 21.8 Å². The summed E-state index contributed by atoms with van der Waals surface area (Å²) in [4.78, 5) is 34.9. The predicted octanol–water partition coefficient (Wildman–Crippen LogP) is 5.61. The lowest BCUT2D eigenvalue weighted by Gasteiger charge is -2.54. The Morgan fingerprint density at radius 1 is 1.04 bits per heavy atom. The Labute approximate surface area is 317 Å². The van der Waals surface area contributed by atoms with Crippen LogP contribution in [0.4, 0.5) is 0 Å². The van der Waals surface area contributed by atoms with Crippen LogP contribution in [0.5, 0.6) is 5.75 Å². The zero-order valence-electron chi connectivity index (χ0n) is 32.5. The Hall–Kier alpha value is -4.12. The van der Waals surface area contributed by atoms with E-state index in [4.69, 9.17) is 14.2 Å². The SMILES string of the molecule is C/C=C1/CN(C)[C@H]2Cc3c([nH]c4ccccc34)[C@H](c3c(OC)ccc4c5c6n(c34)C[C@@H]3C[C@@H](CC)[C@@H](NCC5)[C@@]6(C(=O)OC)C3)C[C@H]1[C@]2(CO)C(=O)OC. The second-order valence-electron chi connectivity index (χ2n) is 16.7. The van der Waals surface area contributed by atoms with E-state index >= 15 is 0 Å². The van der Waals surface area contributed by atoms with Gasteiger partial charge in [0.15, 0.2) is 0 Å². The second kappa shape index (κ2) is 13.0. The first kappa shape index (κ1) is 35.6. The summed E-state index contributed by atoms with van der Waals surface area (Å²) in [7, 11) is 6.79. The number of likely N-dealkylation sites (N-methyl/N-ethyl adjacent to an activating group) is 1. The summed E-state index contributed by atoms with van der Waals surface area (Å²) < 4.78 is 20.3. The van der Waals surface area contributed by atoms with Crippen molar-refractivity contribution in [3.8, 4) is 5.75 Å². The molecule has 5 heterocycles. The number of esters is 2. The van der Waals surface area contributed by atoms with E-state index in [1.807, 2.05) is 6.92 Å². The van der Waals surface area contributed by atoms with Crippen LogP contribution in [-0.2, 0) is 43.9 Å². The Morgan fingerprint density at radius 3 is 2.56 bits per heavy atom. The van der Waals surface area contributed by atoms with Gasteiger partial charge in [-0.1, -0.05) is 43.2 Å². The third kappa shape index (κ3) is 4.56. The third-order valence-corrected chi connectivity index (χ3v) is 14.7. The molecule has 2 aromatic carbocycles. The van der Waals surface area contributed by atoms with Crippen molar-refractivity contribution in [1.29, 1.82) is 0 Å². The van der Waals surface area contributed by atoms with E-state index in [0.29, 0.717) is 31.2 Å². The smallest absolute Gasteiger partial charge is 0.319 e. The molecule has 2 aromatic heterocycles. The molecule has 54 heavy (non-hydrogen) atoms. The van der Waals surface area contributed by atoms with Gasteiger partial charge in [-0.2, -0.15) is 0 Å². The van der Waals surface area contributed by atoms with Gasteiger partial charge in [0.2, 0.25) is 0 Å². The van der Waals surface area contributed by atoms with Crippen LogP contribution in [0.3, 0.4) is 0 Å². The number of hydrogen-bond donors (Lipinski definition) is 3. The van der Waals surface area contributed by atoms with Crippen molar-refractivity contribution in [2.24, 2.45) is 23.2 Å². The van der Waals surface area contributed by atoms with E-state index in [-0.39, 0.29) is 42.5 Å². The van der Waals surface area contributed by atoms with E-state index < -0.39 is 10.8 Å². The third-order valence-electron chi connectivity index (χ3n) is 14.7. The monoisotopic (exact) mass is 734 g/mol. The maximum absolute atomic E-state index is 14.4. The molecular weight excluding hydrogens is 681 g/mol. The minimum Gasteiger partial charge on any atom is -0.496 e. The summed E-state index contributed by atoms with van der Waals surface area (Å²) in [5.74, 6) is 0.397. The zero-order valence-corrected chi connectivity index (χ0v) is 32.5. The van der Waals surface area contributed by atoms with Gasteiger partial charge in [-0.3, -0.25) is 14.5 Å². The number of piperidine rings is 1. The minimum atomic E-state index is -1.19. The first-order valence-corrected chi connectivity index (χ1v) is 19.9. The largest absolute Gasteiger partial charge is 0.496 e. The number of nitrogens with one attached hydrogen (secondary N) is 2. The lowest BCUT2D eigenvalue weighted by atomic mass is 9.58. The Balaban J connectivity index is 1.39. The summed E-state index contributed by atoms with van der Waals surface area (Å²) in [5, 5.41) is 17.7. The van der Waals surface area contributed by atoms with Gasteiger partial charge in [-0.25, -0.2) is 0 Å². The van der Waals surface area contributed by atoms with E-state index in [9.17, 15) is 14.7 Å². The molecule has 286 valence electrons. The number of benzene rings is 2. The van der Waals surface area contributed by atoms with Crippen molar-refractivity contribution < 1.29 is 28.9 Å². The second-order valence-corrected chi connectivity index (χ2v) is 16.7. The van der Waals surface area contributed by atoms with E-state index in [1.165, 1.54) is 12.7 Å². The number of fused-ring (bicyclic) bond motifs is 9. The average molecular weight is 735 g/mol. The maximum atomic E-state index is 14.4. The molecule has 2 aliphatic carbocycles. The zero-order chi connectivity index (χ0) is 37.7. The topological polar surface area (TPSA) is 118 Å². The number of methoxy groups -OCH3 is 3. The Bertz CT molecular complexity index is 2200. The van der Waals surface area contributed by atoms with Gasteiger partial charge in [0.25, 0.3) is 0 Å². The molecule has 2 fully saturated rings. The summed E-state index contributed by atoms with van der Waals surface area (Å²) in [6, 6.07) is 12.4. The van der Waals surface area contributed by atoms with Crippen LogP contribution in [0, 0.1) is 23.2 Å². The molecule has 0 unspecified atom stereocenters. The number of likely N-dealkylation sites (tertiary alicyclic amines) is 1. The number of H-pyrrole nitrogens is 1. The summed E-state index contributed by atoms with van der Waals surface area (Å²) >= 11 is 0. The highest BCUT2D eigenvalue weighted by Crippen LogP contribution is 2.58. The standard InChI is InChI=1S/C44H54N4O6/c1-7-25-17-24-20-43(41(50)53-5)39(25)45-16-15-29-28-13-14-34(52-4)36(38(28)48(21-24)40(29)43)31-18-32-26(8-2)22-47(3)35(44(32,23-49)42(51)54-6)19-30-27-11-9-10-12-33(27)46-37(30)31/h8-14,24-25,31-32,35,39,45-46,49H,7,15-23H2,1-6H3/b26-8-/t24-,25-,31+,32-,35+,39-,43+,44+/m1/s1. The van der Waals surface area contributed by atoms with Gasteiger partial charge in [0, 0.05) is 70.2 Å². The van der Waals surface area contributed by atoms with Crippen LogP contribution >= 0.6 is 0 Å². The minimum absolute atomic E-state index is 0.0125. The van der Waals surface area contributed by atoms with Crippen LogP contribution in [0.2, 0.25) is 0 Å². The van der Waals surface area contributed by atoms with Crippen LogP contribution in [0.1, 0.15) is 73.5 Å². The first-order valence-electron chi connectivity index (χ1n) is 19.9. The van der Waals surface area contributed by atoms with Gasteiger partial charge in [0.05, 0.1) is 33.5 Å². The molecule has 3 N–H and O–H groups in total. The highest BCUT2D eigenvalue weighted by Gasteiger charge is 2.62. The Kier molecular flexibility index (Phi) is 8.56. The number of aromatic amines is 1. The highest BCUT2D eigenvalue weighted by molar-refractivity contribution is 5.96. The molecule has 0 spiro atoms. The molecular formula is C44H54N4O6. The van der Waals surface area contributed by atoms with Gasteiger partial charge >= 0.3 is 11.9 Å². The fraction of sp³-hybridized carbons (Fsp3) is 0.545. The number of aromatic nitrogens is 2. The molecule has 1 saturated carbocycles. The number of carbonyl (C=O) groups excluding carboxylic acids is 2. The summed E-state index contributed by atoms with van der Waals surface area (Å²) in [6.45, 7) is 6.26. The molecule has 1 saturated heterocycles. The maximum Gasteiger partial charge on any atom is 0.319 e. The molecule has 8 atom stereocenters. The molecule has 4 aromatic rings. The normalized spacial score (nSPS) is 32.5. The van der Waals surface area contributed by atoms with Crippen LogP contribution < -0.4 is 10.1 Å². The predicted molar refractivity (Wildman–Crippen MR) is 208 cm³/mol. The molecule has 9 rings (SSSR count). The lowest BCUT2D eigenvalue weighted by Crippen LogP contribution is -2.63. The van der Waals surface area contributed by atoms with E-state index in [0.717, 1.165) is 94.4 Å². The Morgan fingerprint density at radius 2 is 1.83 bits per heavy atom. The summed E-state index contributed by atoms with van der Waals surface area (Å²) in [6.07, 6.45) is 6.89.